The van der Waals surface area contributed by atoms with Gasteiger partial charge in [-0.15, -0.1) is 0 Å². The van der Waals surface area contributed by atoms with Crippen LogP contribution in [-0.2, 0) is 6.42 Å². The number of amides is 1. The van der Waals surface area contributed by atoms with Crippen LogP contribution < -0.4 is 14.8 Å². The van der Waals surface area contributed by atoms with Crippen molar-refractivity contribution in [2.75, 3.05) is 19.5 Å². The van der Waals surface area contributed by atoms with Crippen molar-refractivity contribution in [1.82, 2.24) is 0 Å². The highest BCUT2D eigenvalue weighted by molar-refractivity contribution is 6.04. The van der Waals surface area contributed by atoms with Gasteiger partial charge in [0, 0.05) is 23.6 Å². The standard InChI is InChI=1S/C20H25NO5/c1-11-17-14(22)9-20(2,3)10-16(17)26-18(11)19(23)21-13-8-12(24-4)6-7-15(13)25-5/h6-8,14,22H,9-10H2,1-5H3,(H,21,23)/t14-/m1/s1. The largest absolute Gasteiger partial charge is 0.497 e. The zero-order valence-corrected chi connectivity index (χ0v) is 15.8. The van der Waals surface area contributed by atoms with E-state index in [2.05, 4.69) is 19.2 Å². The summed E-state index contributed by atoms with van der Waals surface area (Å²) in [6, 6.07) is 5.16. The fraction of sp³-hybridized carbons (Fsp3) is 0.450. The van der Waals surface area contributed by atoms with Gasteiger partial charge in [0.25, 0.3) is 5.91 Å². The lowest BCUT2D eigenvalue weighted by Gasteiger charge is -2.31. The number of aliphatic hydroxyl groups excluding tert-OH is 1. The minimum atomic E-state index is -0.620. The molecule has 1 amide bonds. The number of furan rings is 1. The molecule has 6 nitrogen and oxygen atoms in total. The first-order valence-corrected chi connectivity index (χ1v) is 8.59. The first-order chi connectivity index (χ1) is 12.3. The summed E-state index contributed by atoms with van der Waals surface area (Å²) in [4.78, 5) is 12.8. The Bertz CT molecular complexity index is 837. The van der Waals surface area contributed by atoms with Crippen LogP contribution in [-0.4, -0.2) is 25.2 Å². The van der Waals surface area contributed by atoms with Crippen LogP contribution in [0.4, 0.5) is 5.69 Å². The molecule has 0 saturated carbocycles. The van der Waals surface area contributed by atoms with Crippen molar-refractivity contribution in [2.45, 2.75) is 39.7 Å². The summed E-state index contributed by atoms with van der Waals surface area (Å²) in [5.74, 6) is 1.65. The van der Waals surface area contributed by atoms with Crippen molar-refractivity contribution >= 4 is 11.6 Å². The van der Waals surface area contributed by atoms with E-state index in [1.807, 2.05) is 6.92 Å². The number of aliphatic hydroxyl groups is 1. The van der Waals surface area contributed by atoms with E-state index in [0.717, 1.165) is 5.56 Å². The maximum absolute atomic E-state index is 12.8. The second-order valence-corrected chi connectivity index (χ2v) is 7.47. The van der Waals surface area contributed by atoms with Gasteiger partial charge < -0.3 is 24.3 Å². The number of ether oxygens (including phenoxy) is 2. The average molecular weight is 359 g/mol. The molecule has 0 aliphatic heterocycles. The van der Waals surface area contributed by atoms with Gasteiger partial charge in [-0.25, -0.2) is 0 Å². The molecule has 0 fully saturated rings. The van der Waals surface area contributed by atoms with Crippen LogP contribution in [0.1, 0.15) is 53.8 Å². The molecule has 1 heterocycles. The van der Waals surface area contributed by atoms with E-state index in [1.54, 1.807) is 25.3 Å². The number of hydrogen-bond donors (Lipinski definition) is 2. The van der Waals surface area contributed by atoms with Crippen molar-refractivity contribution in [3.63, 3.8) is 0 Å². The van der Waals surface area contributed by atoms with E-state index >= 15 is 0 Å². The summed E-state index contributed by atoms with van der Waals surface area (Å²) >= 11 is 0. The molecular weight excluding hydrogens is 334 g/mol. The first kappa shape index (κ1) is 18.3. The van der Waals surface area contributed by atoms with Crippen LogP contribution in [0.25, 0.3) is 0 Å². The third-order valence-electron chi connectivity index (χ3n) is 4.85. The Hall–Kier alpha value is -2.47. The zero-order valence-electron chi connectivity index (χ0n) is 15.8. The highest BCUT2D eigenvalue weighted by atomic mass is 16.5. The van der Waals surface area contributed by atoms with Gasteiger partial charge in [-0.2, -0.15) is 0 Å². The summed E-state index contributed by atoms with van der Waals surface area (Å²) in [5.41, 5.74) is 1.85. The molecule has 1 aliphatic rings. The molecule has 3 rings (SSSR count). The minimum absolute atomic E-state index is 0.0690. The van der Waals surface area contributed by atoms with Gasteiger partial charge >= 0.3 is 0 Å². The molecule has 0 saturated heterocycles. The normalized spacial score (nSPS) is 18.2. The van der Waals surface area contributed by atoms with Crippen LogP contribution >= 0.6 is 0 Å². The molecule has 0 radical (unpaired) electrons. The van der Waals surface area contributed by atoms with Crippen molar-refractivity contribution < 1.29 is 23.8 Å². The van der Waals surface area contributed by atoms with Crippen molar-refractivity contribution in [3.05, 3.63) is 40.8 Å². The molecule has 1 aromatic heterocycles. The molecule has 1 aromatic carbocycles. The lowest BCUT2D eigenvalue weighted by atomic mass is 9.75. The second kappa shape index (κ2) is 6.68. The summed E-state index contributed by atoms with van der Waals surface area (Å²) < 4.78 is 16.4. The maximum Gasteiger partial charge on any atom is 0.291 e. The molecule has 2 aromatic rings. The number of fused-ring (bicyclic) bond motifs is 1. The number of anilines is 1. The van der Waals surface area contributed by atoms with Crippen molar-refractivity contribution in [3.8, 4) is 11.5 Å². The zero-order chi connectivity index (χ0) is 19.1. The first-order valence-electron chi connectivity index (χ1n) is 8.59. The van der Waals surface area contributed by atoms with E-state index in [1.165, 1.54) is 7.11 Å². The molecule has 0 bridgehead atoms. The van der Waals surface area contributed by atoms with Crippen molar-refractivity contribution in [2.24, 2.45) is 5.41 Å². The predicted molar refractivity (Wildman–Crippen MR) is 98.0 cm³/mol. The monoisotopic (exact) mass is 359 g/mol. The summed E-state index contributed by atoms with van der Waals surface area (Å²) in [6.45, 7) is 5.97. The van der Waals surface area contributed by atoms with Gasteiger partial charge in [-0.1, -0.05) is 13.8 Å². The van der Waals surface area contributed by atoms with Crippen LogP contribution in [0.2, 0.25) is 0 Å². The molecule has 1 aliphatic carbocycles. The van der Waals surface area contributed by atoms with Gasteiger partial charge in [0.2, 0.25) is 0 Å². The molecule has 0 spiro atoms. The highest BCUT2D eigenvalue weighted by Crippen LogP contribution is 2.44. The summed E-state index contributed by atoms with van der Waals surface area (Å²) in [7, 11) is 3.09. The lowest BCUT2D eigenvalue weighted by Crippen LogP contribution is -2.24. The second-order valence-electron chi connectivity index (χ2n) is 7.47. The number of hydrogen-bond acceptors (Lipinski definition) is 5. The third-order valence-corrected chi connectivity index (χ3v) is 4.85. The molecule has 0 unspecified atom stereocenters. The molecule has 26 heavy (non-hydrogen) atoms. The summed E-state index contributed by atoms with van der Waals surface area (Å²) in [5, 5.41) is 13.3. The number of nitrogens with one attached hydrogen (secondary N) is 1. The number of rotatable bonds is 4. The van der Waals surface area contributed by atoms with E-state index in [4.69, 9.17) is 13.9 Å². The molecule has 1 atom stereocenters. The van der Waals surface area contributed by atoms with E-state index in [0.29, 0.717) is 41.4 Å². The highest BCUT2D eigenvalue weighted by Gasteiger charge is 2.37. The Morgan fingerprint density at radius 1 is 1.31 bits per heavy atom. The number of carbonyl (C=O) groups excluding carboxylic acids is 1. The van der Waals surface area contributed by atoms with Crippen molar-refractivity contribution in [1.29, 1.82) is 0 Å². The smallest absolute Gasteiger partial charge is 0.291 e. The Labute approximate surface area is 153 Å². The van der Waals surface area contributed by atoms with Gasteiger partial charge in [-0.3, -0.25) is 4.79 Å². The van der Waals surface area contributed by atoms with Gasteiger partial charge in [0.05, 0.1) is 26.0 Å². The van der Waals surface area contributed by atoms with E-state index < -0.39 is 6.10 Å². The van der Waals surface area contributed by atoms with Gasteiger partial charge in [0.15, 0.2) is 5.76 Å². The molecule has 2 N–H and O–H groups in total. The maximum atomic E-state index is 12.8. The summed E-state index contributed by atoms with van der Waals surface area (Å²) in [6.07, 6.45) is 0.714. The molecule has 6 heteroatoms. The third kappa shape index (κ3) is 3.29. The van der Waals surface area contributed by atoms with Crippen LogP contribution in [0.5, 0.6) is 11.5 Å². The van der Waals surface area contributed by atoms with Crippen LogP contribution in [0.3, 0.4) is 0 Å². The Balaban J connectivity index is 1.93. The van der Waals surface area contributed by atoms with Crippen LogP contribution in [0, 0.1) is 12.3 Å². The SMILES string of the molecule is COc1ccc(OC)c(NC(=O)c2oc3c(c2C)[C@H](O)CC(C)(C)C3)c1. The van der Waals surface area contributed by atoms with E-state index in [9.17, 15) is 9.90 Å². The topological polar surface area (TPSA) is 80.9 Å². The number of benzene rings is 1. The minimum Gasteiger partial charge on any atom is -0.497 e. The van der Waals surface area contributed by atoms with Gasteiger partial charge in [0.1, 0.15) is 17.3 Å². The van der Waals surface area contributed by atoms with E-state index in [-0.39, 0.29) is 17.1 Å². The van der Waals surface area contributed by atoms with Gasteiger partial charge in [-0.05, 0) is 30.9 Å². The number of methoxy groups -OCH3 is 2. The fourth-order valence-electron chi connectivity index (χ4n) is 3.59. The lowest BCUT2D eigenvalue weighted by molar-refractivity contribution is 0.0910. The predicted octanol–water partition coefficient (Wildman–Crippen LogP) is 3.86. The Kier molecular flexibility index (Phi) is 4.71. The average Bonchev–Trinajstić information content (AvgIpc) is 2.90. The Morgan fingerprint density at radius 2 is 2.04 bits per heavy atom. The quantitative estimate of drug-likeness (QED) is 0.866. The van der Waals surface area contributed by atoms with Crippen LogP contribution in [0.15, 0.2) is 22.6 Å². The fourth-order valence-corrected chi connectivity index (χ4v) is 3.59. The number of carbonyl (C=O) groups is 1. The molecular formula is C20H25NO5. The Morgan fingerprint density at radius 3 is 2.69 bits per heavy atom. The molecule has 140 valence electrons.